The van der Waals surface area contributed by atoms with Gasteiger partial charge in [0.05, 0.1) is 10.9 Å². The molecule has 0 spiro atoms. The first kappa shape index (κ1) is 16.9. The Morgan fingerprint density at radius 1 is 1.18 bits per heavy atom. The number of nitrogens with one attached hydrogen (secondary N) is 1. The van der Waals surface area contributed by atoms with Crippen LogP contribution in [0.25, 0.3) is 0 Å². The summed E-state index contributed by atoms with van der Waals surface area (Å²) in [5, 5.41) is 2.93. The molecule has 0 saturated carbocycles. The molecule has 1 aromatic heterocycles. The molecule has 5 heteroatoms. The lowest BCUT2D eigenvalue weighted by Gasteiger charge is -2.15. The predicted molar refractivity (Wildman–Crippen MR) is 93.3 cm³/mol. The Bertz CT molecular complexity index is 681. The van der Waals surface area contributed by atoms with Crippen LogP contribution in [0.5, 0.6) is 0 Å². The van der Waals surface area contributed by atoms with Crippen LogP contribution in [0.1, 0.15) is 45.9 Å². The summed E-state index contributed by atoms with van der Waals surface area (Å²) < 4.78 is 0.966. The van der Waals surface area contributed by atoms with Gasteiger partial charge in [0.2, 0.25) is 5.91 Å². The Labute approximate surface area is 142 Å². The summed E-state index contributed by atoms with van der Waals surface area (Å²) in [7, 11) is 0. The Balaban J connectivity index is 1.85. The minimum Gasteiger partial charge on any atom is -0.350 e. The molecule has 1 N–H and O–H groups in total. The van der Waals surface area contributed by atoms with Crippen LogP contribution in [-0.4, -0.2) is 11.7 Å². The zero-order valence-electron chi connectivity index (χ0n) is 12.6. The molecule has 116 valence electrons. The van der Waals surface area contributed by atoms with Gasteiger partial charge in [0.15, 0.2) is 5.78 Å². The molecule has 1 amide bonds. The number of thiophene rings is 1. The smallest absolute Gasteiger partial charge is 0.220 e. The minimum absolute atomic E-state index is 0.0294. The summed E-state index contributed by atoms with van der Waals surface area (Å²) in [6.07, 6.45) is 0.457. The Kier molecular flexibility index (Phi) is 5.91. The maximum absolute atomic E-state index is 12.0. The van der Waals surface area contributed by atoms with Crippen LogP contribution in [0.3, 0.4) is 0 Å². The third-order valence-electron chi connectivity index (χ3n) is 3.34. The number of hydrogen-bond acceptors (Lipinski definition) is 3. The highest BCUT2D eigenvalue weighted by Crippen LogP contribution is 2.23. The molecule has 0 aliphatic carbocycles. The second-order valence-electron chi connectivity index (χ2n) is 5.14. The van der Waals surface area contributed by atoms with E-state index in [1.165, 1.54) is 11.3 Å². The lowest BCUT2D eigenvalue weighted by Crippen LogP contribution is -2.27. The Morgan fingerprint density at radius 2 is 1.91 bits per heavy atom. The van der Waals surface area contributed by atoms with Gasteiger partial charge in [-0.2, -0.15) is 0 Å². The lowest BCUT2D eigenvalue weighted by molar-refractivity contribution is -0.121. The highest BCUT2D eigenvalue weighted by atomic mass is 79.9. The van der Waals surface area contributed by atoms with Crippen molar-refractivity contribution in [2.45, 2.75) is 32.7 Å². The van der Waals surface area contributed by atoms with Crippen molar-refractivity contribution in [1.82, 2.24) is 5.32 Å². The summed E-state index contributed by atoms with van der Waals surface area (Å²) >= 11 is 4.95. The number of ketones is 1. The molecule has 0 bridgehead atoms. The zero-order valence-corrected chi connectivity index (χ0v) is 15.0. The van der Waals surface area contributed by atoms with Crippen molar-refractivity contribution in [3.8, 4) is 0 Å². The monoisotopic (exact) mass is 379 g/mol. The van der Waals surface area contributed by atoms with E-state index in [-0.39, 0.29) is 30.6 Å². The van der Waals surface area contributed by atoms with E-state index in [9.17, 15) is 9.59 Å². The quantitative estimate of drug-likeness (QED) is 0.741. The molecule has 3 nitrogen and oxygen atoms in total. The molecular formula is C17H18BrNO2S. The fourth-order valence-electron chi connectivity index (χ4n) is 2.15. The minimum atomic E-state index is -0.107. The van der Waals surface area contributed by atoms with Gasteiger partial charge in [-0.15, -0.1) is 11.3 Å². The molecule has 1 unspecified atom stereocenters. The molecule has 2 rings (SSSR count). The van der Waals surface area contributed by atoms with Crippen molar-refractivity contribution in [1.29, 1.82) is 0 Å². The van der Waals surface area contributed by atoms with Crippen molar-refractivity contribution in [2.75, 3.05) is 0 Å². The fraction of sp³-hybridized carbons (Fsp3) is 0.294. The molecule has 1 atom stereocenters. The largest absolute Gasteiger partial charge is 0.350 e. The van der Waals surface area contributed by atoms with Crippen molar-refractivity contribution in [2.24, 2.45) is 0 Å². The van der Waals surface area contributed by atoms with Gasteiger partial charge < -0.3 is 5.32 Å². The first-order chi connectivity index (χ1) is 10.5. The van der Waals surface area contributed by atoms with Crippen molar-refractivity contribution >= 4 is 39.0 Å². The second-order valence-corrected chi connectivity index (χ2v) is 7.29. The van der Waals surface area contributed by atoms with Crippen molar-refractivity contribution in [3.05, 3.63) is 56.2 Å². The number of benzene rings is 1. The highest BCUT2D eigenvalue weighted by Gasteiger charge is 2.14. The molecule has 0 fully saturated rings. The van der Waals surface area contributed by atoms with E-state index in [1.54, 1.807) is 0 Å². The van der Waals surface area contributed by atoms with Crippen molar-refractivity contribution < 1.29 is 9.59 Å². The third kappa shape index (κ3) is 4.52. The number of hydrogen-bond donors (Lipinski definition) is 1. The van der Waals surface area contributed by atoms with E-state index in [0.717, 1.165) is 19.8 Å². The number of rotatable bonds is 6. The van der Waals surface area contributed by atoms with Gasteiger partial charge in [-0.05, 0) is 37.6 Å². The molecule has 0 saturated heterocycles. The average Bonchev–Trinajstić information content (AvgIpc) is 2.91. The number of halogens is 1. The van der Waals surface area contributed by atoms with Gasteiger partial charge in [-0.1, -0.05) is 34.1 Å². The summed E-state index contributed by atoms with van der Waals surface area (Å²) in [6, 6.07) is 11.4. The average molecular weight is 380 g/mol. The second kappa shape index (κ2) is 7.70. The number of amides is 1. The number of carbonyl (C=O) groups excluding carboxylic acids is 2. The SMILES string of the molecule is Cc1ccc(C(=O)CCC(=O)NC(C)c2ccccc2Br)s1. The number of carbonyl (C=O) groups is 2. The summed E-state index contributed by atoms with van der Waals surface area (Å²) in [5.74, 6) is -0.0772. The molecule has 0 aliphatic heterocycles. The van der Waals surface area contributed by atoms with E-state index in [0.29, 0.717) is 0 Å². The van der Waals surface area contributed by atoms with Crippen LogP contribution in [-0.2, 0) is 4.79 Å². The Hall–Kier alpha value is -1.46. The Morgan fingerprint density at radius 3 is 2.55 bits per heavy atom. The lowest BCUT2D eigenvalue weighted by atomic mass is 10.1. The topological polar surface area (TPSA) is 46.2 Å². The fourth-order valence-corrected chi connectivity index (χ4v) is 3.62. The molecular weight excluding hydrogens is 362 g/mol. The maximum atomic E-state index is 12.0. The van der Waals surface area contributed by atoms with Gasteiger partial charge in [-0.25, -0.2) is 0 Å². The van der Waals surface area contributed by atoms with Crippen LogP contribution in [0.4, 0.5) is 0 Å². The van der Waals surface area contributed by atoms with E-state index in [4.69, 9.17) is 0 Å². The summed E-state index contributed by atoms with van der Waals surface area (Å²) in [4.78, 5) is 25.8. The normalized spacial score (nSPS) is 12.0. The summed E-state index contributed by atoms with van der Waals surface area (Å²) in [5.41, 5.74) is 1.02. The third-order valence-corrected chi connectivity index (χ3v) is 5.11. The molecule has 22 heavy (non-hydrogen) atoms. The van der Waals surface area contributed by atoms with Crippen LogP contribution < -0.4 is 5.32 Å². The number of aryl methyl sites for hydroxylation is 1. The van der Waals surface area contributed by atoms with E-state index in [1.807, 2.05) is 50.2 Å². The van der Waals surface area contributed by atoms with Gasteiger partial charge >= 0.3 is 0 Å². The van der Waals surface area contributed by atoms with Crippen LogP contribution in [0.2, 0.25) is 0 Å². The number of Topliss-reactive ketones (excluding diaryl/α,β-unsaturated/α-hetero) is 1. The van der Waals surface area contributed by atoms with Crippen LogP contribution in [0, 0.1) is 6.92 Å². The highest BCUT2D eigenvalue weighted by molar-refractivity contribution is 9.10. The van der Waals surface area contributed by atoms with Gasteiger partial charge in [0, 0.05) is 22.2 Å². The molecule has 1 aromatic carbocycles. The first-order valence-electron chi connectivity index (χ1n) is 7.11. The molecule has 0 radical (unpaired) electrons. The van der Waals surface area contributed by atoms with E-state index >= 15 is 0 Å². The van der Waals surface area contributed by atoms with Crippen LogP contribution >= 0.6 is 27.3 Å². The summed E-state index contributed by atoms with van der Waals surface area (Å²) in [6.45, 7) is 3.90. The van der Waals surface area contributed by atoms with Crippen molar-refractivity contribution in [3.63, 3.8) is 0 Å². The molecule has 1 heterocycles. The van der Waals surface area contributed by atoms with Gasteiger partial charge in [0.1, 0.15) is 0 Å². The van der Waals surface area contributed by atoms with Crippen LogP contribution in [0.15, 0.2) is 40.9 Å². The zero-order chi connectivity index (χ0) is 16.1. The van der Waals surface area contributed by atoms with Gasteiger partial charge in [-0.3, -0.25) is 9.59 Å². The maximum Gasteiger partial charge on any atom is 0.220 e. The first-order valence-corrected chi connectivity index (χ1v) is 8.71. The molecule has 0 aliphatic rings. The van der Waals surface area contributed by atoms with E-state index in [2.05, 4.69) is 21.2 Å². The van der Waals surface area contributed by atoms with E-state index < -0.39 is 0 Å². The predicted octanol–water partition coefficient (Wildman–Crippen LogP) is 4.66. The molecule has 2 aromatic rings. The van der Waals surface area contributed by atoms with Gasteiger partial charge in [0.25, 0.3) is 0 Å². The standard InChI is InChI=1S/C17H18BrNO2S/c1-11-7-9-16(22-11)15(20)8-10-17(21)19-12(2)13-5-3-4-6-14(13)18/h3-7,9,12H,8,10H2,1-2H3,(H,19,21).